The molecule has 0 saturated carbocycles. The largest absolute Gasteiger partial charge is 0.392 e. The van der Waals surface area contributed by atoms with Gasteiger partial charge in [-0.25, -0.2) is 0 Å². The summed E-state index contributed by atoms with van der Waals surface area (Å²) in [5, 5.41) is 19.5. The molecule has 0 aromatic rings. The third kappa shape index (κ3) is 25.7. The van der Waals surface area contributed by atoms with Crippen LogP contribution in [0.1, 0.15) is 94.4 Å². The number of aliphatic hydroxyl groups is 2. The SMILES string of the molecule is CC(C)=CCC/C(C)=C/C=C/C(C)=C/C=C/C(C)=C/C=C/C=C(/C=C/C=C(C)/C=C/C=C(\C)CCCC(C)(C)O)CO. The van der Waals surface area contributed by atoms with Gasteiger partial charge in [0.1, 0.15) is 0 Å². The van der Waals surface area contributed by atoms with Gasteiger partial charge in [-0.2, -0.15) is 0 Å². The number of hydrogen-bond donors (Lipinski definition) is 2. The minimum atomic E-state index is -0.593. The van der Waals surface area contributed by atoms with Crippen molar-refractivity contribution in [3.05, 3.63) is 142 Å². The normalized spacial score (nSPS) is 15.5. The number of hydrogen-bond acceptors (Lipinski definition) is 2. The van der Waals surface area contributed by atoms with Gasteiger partial charge in [0.25, 0.3) is 0 Å². The van der Waals surface area contributed by atoms with Crippen LogP contribution in [0.5, 0.6) is 0 Å². The summed E-state index contributed by atoms with van der Waals surface area (Å²) in [5.74, 6) is 0. The van der Waals surface area contributed by atoms with Crippen molar-refractivity contribution in [3.63, 3.8) is 0 Å². The number of aliphatic hydroxyl groups excluding tert-OH is 1. The zero-order chi connectivity index (χ0) is 31.8. The summed E-state index contributed by atoms with van der Waals surface area (Å²) in [6, 6.07) is 0. The van der Waals surface area contributed by atoms with Gasteiger partial charge in [0, 0.05) is 0 Å². The van der Waals surface area contributed by atoms with E-state index >= 15 is 0 Å². The fourth-order valence-electron chi connectivity index (χ4n) is 3.67. The summed E-state index contributed by atoms with van der Waals surface area (Å²) < 4.78 is 0. The van der Waals surface area contributed by atoms with E-state index in [1.165, 1.54) is 22.3 Å². The van der Waals surface area contributed by atoms with Crippen LogP contribution in [-0.2, 0) is 0 Å². The van der Waals surface area contributed by atoms with Crippen LogP contribution in [0.4, 0.5) is 0 Å². The molecule has 0 aliphatic heterocycles. The summed E-state index contributed by atoms with van der Waals surface area (Å²) >= 11 is 0. The molecule has 42 heavy (non-hydrogen) atoms. The van der Waals surface area contributed by atoms with E-state index in [4.69, 9.17) is 0 Å². The van der Waals surface area contributed by atoms with E-state index in [1.54, 1.807) is 0 Å². The van der Waals surface area contributed by atoms with Crippen LogP contribution in [0.3, 0.4) is 0 Å². The first kappa shape index (κ1) is 38.8. The van der Waals surface area contributed by atoms with Crippen molar-refractivity contribution < 1.29 is 10.2 Å². The molecule has 0 aliphatic carbocycles. The Hall–Kier alpha value is -3.20. The third-order valence-corrected chi connectivity index (χ3v) is 6.28. The van der Waals surface area contributed by atoms with E-state index in [0.717, 1.165) is 48.8 Å². The number of rotatable bonds is 18. The van der Waals surface area contributed by atoms with Gasteiger partial charge < -0.3 is 10.2 Å². The van der Waals surface area contributed by atoms with E-state index in [2.05, 4.69) is 115 Å². The first-order valence-corrected chi connectivity index (χ1v) is 15.2. The van der Waals surface area contributed by atoms with E-state index < -0.39 is 5.60 Å². The predicted molar refractivity (Wildman–Crippen MR) is 188 cm³/mol. The van der Waals surface area contributed by atoms with E-state index in [1.807, 2.05) is 50.3 Å². The molecular formula is C40H58O2. The second-order valence-corrected chi connectivity index (χ2v) is 12.0. The minimum absolute atomic E-state index is 0.0134. The van der Waals surface area contributed by atoms with Gasteiger partial charge in [0.15, 0.2) is 0 Å². The molecule has 0 unspecified atom stereocenters. The third-order valence-electron chi connectivity index (χ3n) is 6.28. The molecule has 0 radical (unpaired) electrons. The van der Waals surface area contributed by atoms with Crippen molar-refractivity contribution in [3.8, 4) is 0 Å². The van der Waals surface area contributed by atoms with Gasteiger partial charge in [-0.15, -0.1) is 0 Å². The van der Waals surface area contributed by atoms with Crippen LogP contribution in [0.15, 0.2) is 142 Å². The zero-order valence-corrected chi connectivity index (χ0v) is 28.0. The Morgan fingerprint density at radius 3 is 1.52 bits per heavy atom. The lowest BCUT2D eigenvalue weighted by molar-refractivity contribution is 0.0689. The van der Waals surface area contributed by atoms with Crippen LogP contribution in [0, 0.1) is 0 Å². The molecule has 0 aromatic carbocycles. The topological polar surface area (TPSA) is 40.5 Å². The van der Waals surface area contributed by atoms with Gasteiger partial charge in [-0.05, 0) is 100.0 Å². The second-order valence-electron chi connectivity index (χ2n) is 12.0. The van der Waals surface area contributed by atoms with Crippen LogP contribution < -0.4 is 0 Å². The zero-order valence-electron chi connectivity index (χ0n) is 28.0. The smallest absolute Gasteiger partial charge is 0.0681 e. The highest BCUT2D eigenvalue weighted by Gasteiger charge is 2.10. The van der Waals surface area contributed by atoms with Crippen molar-refractivity contribution in [2.45, 2.75) is 100 Å². The molecule has 0 heterocycles. The molecular weight excluding hydrogens is 512 g/mol. The lowest BCUT2D eigenvalue weighted by Gasteiger charge is -2.16. The van der Waals surface area contributed by atoms with Gasteiger partial charge in [-0.3, -0.25) is 0 Å². The van der Waals surface area contributed by atoms with E-state index in [-0.39, 0.29) is 6.61 Å². The maximum absolute atomic E-state index is 9.82. The lowest BCUT2D eigenvalue weighted by Crippen LogP contribution is -2.17. The Kier molecular flexibility index (Phi) is 21.6. The fraction of sp³-hybridized carbons (Fsp3) is 0.400. The van der Waals surface area contributed by atoms with Gasteiger partial charge >= 0.3 is 0 Å². The highest BCUT2D eigenvalue weighted by Crippen LogP contribution is 2.15. The molecule has 0 rings (SSSR count). The highest BCUT2D eigenvalue weighted by molar-refractivity contribution is 5.33. The minimum Gasteiger partial charge on any atom is -0.392 e. The molecule has 0 saturated heterocycles. The Morgan fingerprint density at radius 1 is 0.571 bits per heavy atom. The molecule has 2 N–H and O–H groups in total. The Balaban J connectivity index is 4.83. The second kappa shape index (κ2) is 23.4. The summed E-state index contributed by atoms with van der Waals surface area (Å²) in [7, 11) is 0. The van der Waals surface area contributed by atoms with Gasteiger partial charge in [-0.1, -0.05) is 137 Å². The first-order valence-electron chi connectivity index (χ1n) is 15.2. The van der Waals surface area contributed by atoms with E-state index in [0.29, 0.717) is 0 Å². The molecule has 0 amide bonds. The van der Waals surface area contributed by atoms with Gasteiger partial charge in [0.2, 0.25) is 0 Å². The fourth-order valence-corrected chi connectivity index (χ4v) is 3.67. The Bertz CT molecular complexity index is 1150. The number of allylic oxidation sites excluding steroid dienone is 22. The monoisotopic (exact) mass is 570 g/mol. The van der Waals surface area contributed by atoms with Crippen molar-refractivity contribution in [2.75, 3.05) is 6.61 Å². The van der Waals surface area contributed by atoms with Crippen LogP contribution in [0.25, 0.3) is 0 Å². The van der Waals surface area contributed by atoms with Crippen molar-refractivity contribution in [1.29, 1.82) is 0 Å². The molecule has 230 valence electrons. The van der Waals surface area contributed by atoms with Crippen molar-refractivity contribution in [1.82, 2.24) is 0 Å². The molecule has 2 heteroatoms. The van der Waals surface area contributed by atoms with Crippen molar-refractivity contribution >= 4 is 0 Å². The summed E-state index contributed by atoms with van der Waals surface area (Å²) in [6.07, 6.45) is 40.1. The van der Waals surface area contributed by atoms with E-state index in [9.17, 15) is 10.2 Å². The van der Waals surface area contributed by atoms with Gasteiger partial charge in [0.05, 0.1) is 12.2 Å². The first-order chi connectivity index (χ1) is 19.8. The Labute approximate surface area is 258 Å². The summed E-state index contributed by atoms with van der Waals surface area (Å²) in [5.41, 5.74) is 7.80. The maximum Gasteiger partial charge on any atom is 0.0681 e. The quantitative estimate of drug-likeness (QED) is 0.127. The molecule has 0 fully saturated rings. The van der Waals surface area contributed by atoms with Crippen LogP contribution >= 0.6 is 0 Å². The average Bonchev–Trinajstić information content (AvgIpc) is 2.89. The lowest BCUT2D eigenvalue weighted by atomic mass is 9.99. The molecule has 0 aliphatic rings. The summed E-state index contributed by atoms with van der Waals surface area (Å²) in [4.78, 5) is 0. The predicted octanol–water partition coefficient (Wildman–Crippen LogP) is 11.1. The maximum atomic E-state index is 9.82. The molecule has 0 aromatic heterocycles. The molecule has 0 spiro atoms. The van der Waals surface area contributed by atoms with Crippen LogP contribution in [0.2, 0.25) is 0 Å². The molecule has 0 bridgehead atoms. The Morgan fingerprint density at radius 2 is 1.02 bits per heavy atom. The molecule has 0 atom stereocenters. The summed E-state index contributed by atoms with van der Waals surface area (Å²) in [6.45, 7) is 18.5. The molecule has 2 nitrogen and oxygen atoms in total. The standard InChI is InChI=1S/C40H58O2/c1-33(2)18-12-20-35(4)22-14-24-36(5)23-13-21-34(3)19-10-11-29-39(32-41)30-16-27-37(6)25-15-26-38(7)28-17-31-40(8,9)42/h10-11,13-16,18-19,21-27,29-30,41-42H,12,17,20,28,31-32H2,1-9H3/b11-10+,21-13+,24-14+,25-15+,30-16+,34-19+,35-22+,36-23+,37-27+,38-26+,39-29-. The highest BCUT2D eigenvalue weighted by atomic mass is 16.3. The van der Waals surface area contributed by atoms with Crippen LogP contribution in [-0.4, -0.2) is 22.4 Å². The average molecular weight is 571 g/mol. The van der Waals surface area contributed by atoms with Crippen molar-refractivity contribution in [2.24, 2.45) is 0 Å².